The third-order valence-corrected chi connectivity index (χ3v) is 4.35. The van der Waals surface area contributed by atoms with Crippen molar-refractivity contribution < 1.29 is 18.7 Å². The molecule has 28 heavy (non-hydrogen) atoms. The van der Waals surface area contributed by atoms with Crippen LogP contribution in [0.1, 0.15) is 21.5 Å². The zero-order valence-corrected chi connectivity index (χ0v) is 15.7. The summed E-state index contributed by atoms with van der Waals surface area (Å²) in [7, 11) is 1.68. The summed E-state index contributed by atoms with van der Waals surface area (Å²) < 4.78 is 18.9. The summed E-state index contributed by atoms with van der Waals surface area (Å²) >= 11 is 0. The number of ether oxygens (including phenoxy) is 1. The summed E-state index contributed by atoms with van der Waals surface area (Å²) in [5.74, 6) is -0.793. The van der Waals surface area contributed by atoms with Crippen LogP contribution >= 0.6 is 0 Å². The molecule has 0 radical (unpaired) electrons. The highest BCUT2D eigenvalue weighted by molar-refractivity contribution is 6.05. The Hall–Kier alpha value is -3.47. The van der Waals surface area contributed by atoms with E-state index in [4.69, 9.17) is 4.74 Å². The molecule has 3 aromatic rings. The Morgan fingerprint density at radius 2 is 1.57 bits per heavy atom. The molecule has 3 rings (SSSR count). The van der Waals surface area contributed by atoms with Crippen LogP contribution in [0, 0.1) is 12.7 Å². The lowest BCUT2D eigenvalue weighted by molar-refractivity contribution is -0.133. The van der Waals surface area contributed by atoms with E-state index in [0.717, 1.165) is 5.56 Å². The second-order valence-electron chi connectivity index (χ2n) is 6.47. The van der Waals surface area contributed by atoms with E-state index in [2.05, 4.69) is 0 Å². The van der Waals surface area contributed by atoms with E-state index in [-0.39, 0.29) is 17.9 Å². The van der Waals surface area contributed by atoms with Gasteiger partial charge < -0.3 is 9.64 Å². The monoisotopic (exact) mass is 377 g/mol. The van der Waals surface area contributed by atoms with Gasteiger partial charge in [-0.15, -0.1) is 0 Å². The molecule has 0 N–H and O–H groups in total. The molecular weight excluding hydrogens is 357 g/mol. The van der Waals surface area contributed by atoms with Gasteiger partial charge in [-0.1, -0.05) is 35.9 Å². The minimum atomic E-state index is -0.554. The summed E-state index contributed by atoms with van der Waals surface area (Å²) in [6, 6.07) is 20.0. The largest absolute Gasteiger partial charge is 0.426 e. The van der Waals surface area contributed by atoms with Crippen molar-refractivity contribution in [2.75, 3.05) is 11.9 Å². The summed E-state index contributed by atoms with van der Waals surface area (Å²) in [6.45, 7) is 1.96. The fourth-order valence-corrected chi connectivity index (χ4v) is 2.71. The Morgan fingerprint density at radius 1 is 0.929 bits per heavy atom. The molecule has 0 aliphatic rings. The average molecular weight is 377 g/mol. The SMILES string of the molecule is Cc1ccc(C(=O)N(C)c2ccc(OC(=O)Cc3ccccc3F)cc2)cc1. The van der Waals surface area contributed by atoms with Gasteiger partial charge in [0.2, 0.25) is 0 Å². The number of rotatable bonds is 5. The van der Waals surface area contributed by atoms with E-state index in [9.17, 15) is 14.0 Å². The van der Waals surface area contributed by atoms with E-state index < -0.39 is 11.8 Å². The molecule has 0 heterocycles. The smallest absolute Gasteiger partial charge is 0.315 e. The van der Waals surface area contributed by atoms with Crippen molar-refractivity contribution in [3.63, 3.8) is 0 Å². The van der Waals surface area contributed by atoms with Gasteiger partial charge in [-0.3, -0.25) is 9.59 Å². The minimum absolute atomic E-state index is 0.135. The molecule has 0 aliphatic heterocycles. The lowest BCUT2D eigenvalue weighted by Crippen LogP contribution is -2.26. The van der Waals surface area contributed by atoms with Crippen LogP contribution < -0.4 is 9.64 Å². The Labute approximate surface area is 163 Å². The number of carbonyl (C=O) groups excluding carboxylic acids is 2. The van der Waals surface area contributed by atoms with Crippen molar-refractivity contribution >= 4 is 17.6 Å². The third kappa shape index (κ3) is 4.62. The molecule has 0 fully saturated rings. The minimum Gasteiger partial charge on any atom is -0.426 e. The summed E-state index contributed by atoms with van der Waals surface area (Å²) in [5, 5.41) is 0. The zero-order valence-electron chi connectivity index (χ0n) is 15.7. The number of nitrogens with zero attached hydrogens (tertiary/aromatic N) is 1. The fraction of sp³-hybridized carbons (Fsp3) is 0.130. The maximum Gasteiger partial charge on any atom is 0.315 e. The lowest BCUT2D eigenvalue weighted by atomic mass is 10.1. The molecule has 0 aliphatic carbocycles. The van der Waals surface area contributed by atoms with Crippen LogP contribution in [0.3, 0.4) is 0 Å². The predicted octanol–water partition coefficient (Wildman–Crippen LogP) is 4.56. The lowest BCUT2D eigenvalue weighted by Gasteiger charge is -2.18. The number of amides is 1. The average Bonchev–Trinajstić information content (AvgIpc) is 2.70. The van der Waals surface area contributed by atoms with Gasteiger partial charge in [-0.05, 0) is 55.0 Å². The van der Waals surface area contributed by atoms with Crippen molar-refractivity contribution in [1.82, 2.24) is 0 Å². The fourth-order valence-electron chi connectivity index (χ4n) is 2.71. The molecular formula is C23H20FNO3. The molecule has 1 amide bonds. The van der Waals surface area contributed by atoms with Crippen molar-refractivity contribution in [3.05, 3.63) is 95.3 Å². The van der Waals surface area contributed by atoms with Gasteiger partial charge in [-0.2, -0.15) is 0 Å². The standard InChI is InChI=1S/C23H20FNO3/c1-16-7-9-17(10-8-16)23(27)25(2)19-11-13-20(14-12-19)28-22(26)15-18-5-3-4-6-21(18)24/h3-14H,15H2,1-2H3. The van der Waals surface area contributed by atoms with Gasteiger partial charge in [0, 0.05) is 18.3 Å². The zero-order chi connectivity index (χ0) is 20.1. The van der Waals surface area contributed by atoms with Crippen LogP contribution in [0.2, 0.25) is 0 Å². The van der Waals surface area contributed by atoms with Crippen molar-refractivity contribution in [1.29, 1.82) is 0 Å². The summed E-state index contributed by atoms with van der Waals surface area (Å²) in [6.07, 6.45) is -0.153. The Balaban J connectivity index is 1.64. The van der Waals surface area contributed by atoms with Gasteiger partial charge in [0.15, 0.2) is 0 Å². The maximum atomic E-state index is 13.6. The first-order valence-corrected chi connectivity index (χ1v) is 8.83. The van der Waals surface area contributed by atoms with E-state index in [1.54, 1.807) is 61.6 Å². The first-order valence-electron chi connectivity index (χ1n) is 8.83. The van der Waals surface area contributed by atoms with Crippen molar-refractivity contribution in [2.24, 2.45) is 0 Å². The molecule has 4 nitrogen and oxygen atoms in total. The molecule has 0 unspecified atom stereocenters. The third-order valence-electron chi connectivity index (χ3n) is 4.35. The van der Waals surface area contributed by atoms with Crippen molar-refractivity contribution in [3.8, 4) is 5.75 Å². The number of aryl methyl sites for hydroxylation is 1. The molecule has 5 heteroatoms. The van der Waals surface area contributed by atoms with Crippen LogP contribution in [-0.4, -0.2) is 18.9 Å². The highest BCUT2D eigenvalue weighted by Crippen LogP contribution is 2.21. The van der Waals surface area contributed by atoms with Crippen molar-refractivity contribution in [2.45, 2.75) is 13.3 Å². The van der Waals surface area contributed by atoms with Gasteiger partial charge >= 0.3 is 5.97 Å². The Kier molecular flexibility index (Phi) is 5.84. The van der Waals surface area contributed by atoms with Gasteiger partial charge in [0.05, 0.1) is 6.42 Å². The first kappa shape index (κ1) is 19.3. The molecule has 0 atom stereocenters. The summed E-state index contributed by atoms with van der Waals surface area (Å²) in [4.78, 5) is 26.1. The van der Waals surface area contributed by atoms with E-state index in [0.29, 0.717) is 17.0 Å². The number of hydrogen-bond acceptors (Lipinski definition) is 3. The van der Waals surface area contributed by atoms with Crippen LogP contribution in [0.15, 0.2) is 72.8 Å². The van der Waals surface area contributed by atoms with E-state index >= 15 is 0 Å². The number of hydrogen-bond donors (Lipinski definition) is 0. The van der Waals surface area contributed by atoms with Crippen LogP contribution in [0.5, 0.6) is 5.75 Å². The molecule has 142 valence electrons. The first-order chi connectivity index (χ1) is 13.4. The number of anilines is 1. The molecule has 0 aromatic heterocycles. The highest BCUT2D eigenvalue weighted by atomic mass is 19.1. The number of halogens is 1. The van der Waals surface area contributed by atoms with Crippen LogP contribution in [-0.2, 0) is 11.2 Å². The molecule has 0 saturated carbocycles. The molecule has 0 bridgehead atoms. The van der Waals surface area contributed by atoms with Gasteiger partial charge in [-0.25, -0.2) is 4.39 Å². The van der Waals surface area contributed by atoms with Crippen LogP contribution in [0.4, 0.5) is 10.1 Å². The summed E-state index contributed by atoms with van der Waals surface area (Å²) in [5.41, 5.74) is 2.63. The second-order valence-corrected chi connectivity index (χ2v) is 6.47. The molecule has 0 spiro atoms. The van der Waals surface area contributed by atoms with Gasteiger partial charge in [0.1, 0.15) is 11.6 Å². The maximum absolute atomic E-state index is 13.6. The Bertz CT molecular complexity index is 981. The highest BCUT2D eigenvalue weighted by Gasteiger charge is 2.14. The van der Waals surface area contributed by atoms with Gasteiger partial charge in [0.25, 0.3) is 5.91 Å². The molecule has 0 saturated heterocycles. The van der Waals surface area contributed by atoms with Crippen LogP contribution in [0.25, 0.3) is 0 Å². The normalized spacial score (nSPS) is 10.4. The van der Waals surface area contributed by atoms with E-state index in [1.807, 2.05) is 19.1 Å². The molecule has 3 aromatic carbocycles. The Morgan fingerprint density at radius 3 is 2.21 bits per heavy atom. The number of esters is 1. The van der Waals surface area contributed by atoms with E-state index in [1.165, 1.54) is 11.0 Å². The number of benzene rings is 3. The second kappa shape index (κ2) is 8.48. The quantitative estimate of drug-likeness (QED) is 0.484. The predicted molar refractivity (Wildman–Crippen MR) is 106 cm³/mol. The topological polar surface area (TPSA) is 46.6 Å². The number of carbonyl (C=O) groups is 2.